The van der Waals surface area contributed by atoms with E-state index < -0.39 is 9.84 Å². The van der Waals surface area contributed by atoms with E-state index in [9.17, 15) is 8.42 Å². The molecule has 0 aromatic rings. The van der Waals surface area contributed by atoms with Crippen molar-refractivity contribution in [2.24, 2.45) is 0 Å². The van der Waals surface area contributed by atoms with Gasteiger partial charge in [-0.2, -0.15) is 0 Å². The first-order chi connectivity index (χ1) is 5.77. The molecule has 0 aromatic heterocycles. The SMILES string of the molecule is CC(C)(CO)NCCCS(C)(=O)=O. The van der Waals surface area contributed by atoms with Crippen LogP contribution in [0.25, 0.3) is 0 Å². The number of rotatable bonds is 6. The van der Waals surface area contributed by atoms with Crippen LogP contribution in [0.4, 0.5) is 0 Å². The molecule has 0 aliphatic carbocycles. The van der Waals surface area contributed by atoms with E-state index in [0.29, 0.717) is 13.0 Å². The maximum atomic E-state index is 10.7. The van der Waals surface area contributed by atoms with Crippen molar-refractivity contribution in [3.8, 4) is 0 Å². The van der Waals surface area contributed by atoms with Crippen molar-refractivity contribution in [1.82, 2.24) is 5.32 Å². The third-order valence-corrected chi connectivity index (χ3v) is 2.72. The molecule has 0 heterocycles. The zero-order valence-corrected chi connectivity index (χ0v) is 9.32. The van der Waals surface area contributed by atoms with Crippen molar-refractivity contribution < 1.29 is 13.5 Å². The molecule has 0 aromatic carbocycles. The zero-order chi connectivity index (χ0) is 10.5. The maximum Gasteiger partial charge on any atom is 0.147 e. The van der Waals surface area contributed by atoms with Crippen LogP contribution >= 0.6 is 0 Å². The lowest BCUT2D eigenvalue weighted by molar-refractivity contribution is 0.189. The van der Waals surface area contributed by atoms with Gasteiger partial charge in [0.2, 0.25) is 0 Å². The van der Waals surface area contributed by atoms with Gasteiger partial charge in [0.25, 0.3) is 0 Å². The molecule has 0 amide bonds. The van der Waals surface area contributed by atoms with Crippen molar-refractivity contribution in [2.45, 2.75) is 25.8 Å². The predicted octanol–water partition coefficient (Wildman–Crippen LogP) is -0.218. The Balaban J connectivity index is 3.58. The predicted molar refractivity (Wildman–Crippen MR) is 53.5 cm³/mol. The molecule has 0 saturated carbocycles. The Morgan fingerprint density at radius 2 is 1.92 bits per heavy atom. The minimum Gasteiger partial charge on any atom is -0.394 e. The summed E-state index contributed by atoms with van der Waals surface area (Å²) in [5.74, 6) is 0.196. The summed E-state index contributed by atoms with van der Waals surface area (Å²) in [7, 11) is -2.85. The molecular weight excluding hydrogens is 190 g/mol. The van der Waals surface area contributed by atoms with E-state index in [4.69, 9.17) is 5.11 Å². The first-order valence-corrected chi connectivity index (χ1v) is 6.36. The van der Waals surface area contributed by atoms with Gasteiger partial charge < -0.3 is 10.4 Å². The molecule has 0 bridgehead atoms. The highest BCUT2D eigenvalue weighted by molar-refractivity contribution is 7.90. The molecule has 0 radical (unpaired) electrons. The number of aliphatic hydroxyl groups is 1. The molecule has 0 saturated heterocycles. The fourth-order valence-electron chi connectivity index (χ4n) is 0.817. The molecule has 0 fully saturated rings. The summed E-state index contributed by atoms with van der Waals surface area (Å²) in [6.07, 6.45) is 1.81. The van der Waals surface area contributed by atoms with Crippen LogP contribution in [0.5, 0.6) is 0 Å². The van der Waals surface area contributed by atoms with Crippen LogP contribution in [0.15, 0.2) is 0 Å². The van der Waals surface area contributed by atoms with E-state index in [2.05, 4.69) is 5.32 Å². The molecule has 80 valence electrons. The number of aliphatic hydroxyl groups excluding tert-OH is 1. The topological polar surface area (TPSA) is 66.4 Å². The summed E-state index contributed by atoms with van der Waals surface area (Å²) in [4.78, 5) is 0. The summed E-state index contributed by atoms with van der Waals surface area (Å²) < 4.78 is 21.5. The van der Waals surface area contributed by atoms with E-state index in [1.807, 2.05) is 13.8 Å². The molecule has 0 rings (SSSR count). The standard InChI is InChI=1S/C8H19NO3S/c1-8(2,7-10)9-5-4-6-13(3,11)12/h9-10H,4-7H2,1-3H3. The molecule has 2 N–H and O–H groups in total. The number of hydrogen-bond acceptors (Lipinski definition) is 4. The average molecular weight is 209 g/mol. The summed E-state index contributed by atoms with van der Waals surface area (Å²) in [6, 6.07) is 0. The third-order valence-electron chi connectivity index (χ3n) is 1.69. The molecular formula is C8H19NO3S. The van der Waals surface area contributed by atoms with E-state index in [1.165, 1.54) is 6.26 Å². The van der Waals surface area contributed by atoms with Gasteiger partial charge in [0.05, 0.1) is 12.4 Å². The summed E-state index contributed by atoms with van der Waals surface area (Å²) in [5, 5.41) is 11.9. The van der Waals surface area contributed by atoms with Crippen molar-refractivity contribution in [3.05, 3.63) is 0 Å². The minimum atomic E-state index is -2.85. The lowest BCUT2D eigenvalue weighted by atomic mass is 10.1. The Hall–Kier alpha value is -0.130. The Morgan fingerprint density at radius 3 is 2.31 bits per heavy atom. The zero-order valence-electron chi connectivity index (χ0n) is 8.50. The average Bonchev–Trinajstić information content (AvgIpc) is 1.97. The molecule has 0 aliphatic heterocycles. The van der Waals surface area contributed by atoms with Gasteiger partial charge in [-0.15, -0.1) is 0 Å². The van der Waals surface area contributed by atoms with Crippen LogP contribution in [0.2, 0.25) is 0 Å². The second-order valence-electron chi connectivity index (χ2n) is 3.95. The molecule has 0 atom stereocenters. The summed E-state index contributed by atoms with van der Waals surface area (Å²) in [6.45, 7) is 4.40. The van der Waals surface area contributed by atoms with Crippen LogP contribution < -0.4 is 5.32 Å². The summed E-state index contributed by atoms with van der Waals surface area (Å²) in [5.41, 5.74) is -0.322. The summed E-state index contributed by atoms with van der Waals surface area (Å²) >= 11 is 0. The van der Waals surface area contributed by atoms with E-state index in [1.54, 1.807) is 0 Å². The van der Waals surface area contributed by atoms with Gasteiger partial charge in [-0.1, -0.05) is 0 Å². The Morgan fingerprint density at radius 1 is 1.38 bits per heavy atom. The number of sulfone groups is 1. The van der Waals surface area contributed by atoms with E-state index in [0.717, 1.165) is 0 Å². The van der Waals surface area contributed by atoms with Crippen LogP contribution in [0, 0.1) is 0 Å². The van der Waals surface area contributed by atoms with Crippen LogP contribution in [0.3, 0.4) is 0 Å². The lowest BCUT2D eigenvalue weighted by Gasteiger charge is -2.23. The second kappa shape index (κ2) is 4.93. The highest BCUT2D eigenvalue weighted by atomic mass is 32.2. The Labute approximate surface area is 80.3 Å². The first-order valence-electron chi connectivity index (χ1n) is 4.30. The van der Waals surface area contributed by atoms with Crippen LogP contribution in [0.1, 0.15) is 20.3 Å². The van der Waals surface area contributed by atoms with E-state index >= 15 is 0 Å². The van der Waals surface area contributed by atoms with Gasteiger partial charge >= 0.3 is 0 Å². The van der Waals surface area contributed by atoms with Gasteiger partial charge in [0.1, 0.15) is 9.84 Å². The normalized spacial score (nSPS) is 13.2. The lowest BCUT2D eigenvalue weighted by Crippen LogP contribution is -2.43. The molecule has 13 heavy (non-hydrogen) atoms. The first kappa shape index (κ1) is 12.9. The van der Waals surface area contributed by atoms with Crippen molar-refractivity contribution in [3.63, 3.8) is 0 Å². The highest BCUT2D eigenvalue weighted by Crippen LogP contribution is 1.99. The fraction of sp³-hybridized carbons (Fsp3) is 1.00. The minimum absolute atomic E-state index is 0.0475. The maximum absolute atomic E-state index is 10.7. The van der Waals surface area contributed by atoms with Crippen molar-refractivity contribution in [2.75, 3.05) is 25.2 Å². The number of nitrogens with one attached hydrogen (secondary N) is 1. The number of hydrogen-bond donors (Lipinski definition) is 2. The fourth-order valence-corrected chi connectivity index (χ4v) is 1.49. The van der Waals surface area contributed by atoms with E-state index in [-0.39, 0.29) is 17.9 Å². The molecule has 4 nitrogen and oxygen atoms in total. The Kier molecular flexibility index (Phi) is 4.88. The van der Waals surface area contributed by atoms with Gasteiger partial charge in [-0.25, -0.2) is 8.42 Å². The van der Waals surface area contributed by atoms with Crippen LogP contribution in [-0.4, -0.2) is 44.2 Å². The second-order valence-corrected chi connectivity index (χ2v) is 6.21. The quantitative estimate of drug-likeness (QED) is 0.594. The monoisotopic (exact) mass is 209 g/mol. The van der Waals surface area contributed by atoms with Crippen molar-refractivity contribution in [1.29, 1.82) is 0 Å². The smallest absolute Gasteiger partial charge is 0.147 e. The van der Waals surface area contributed by atoms with Crippen molar-refractivity contribution >= 4 is 9.84 Å². The molecule has 0 spiro atoms. The van der Waals surface area contributed by atoms with Gasteiger partial charge in [0, 0.05) is 11.8 Å². The van der Waals surface area contributed by atoms with Gasteiger partial charge in [-0.05, 0) is 26.8 Å². The molecule has 0 unspecified atom stereocenters. The highest BCUT2D eigenvalue weighted by Gasteiger charge is 2.14. The molecule has 0 aliphatic rings. The molecule has 5 heteroatoms. The van der Waals surface area contributed by atoms with Gasteiger partial charge in [0.15, 0.2) is 0 Å². The Bertz CT molecular complexity index is 234. The third kappa shape index (κ3) is 8.21. The van der Waals surface area contributed by atoms with Crippen LogP contribution in [-0.2, 0) is 9.84 Å². The van der Waals surface area contributed by atoms with Gasteiger partial charge in [-0.3, -0.25) is 0 Å². The largest absolute Gasteiger partial charge is 0.394 e.